The van der Waals surface area contributed by atoms with Gasteiger partial charge in [-0.25, -0.2) is 0 Å². The molecule has 5 heteroatoms. The highest BCUT2D eigenvalue weighted by atomic mass is 16.7. The van der Waals surface area contributed by atoms with Crippen LogP contribution in [0.4, 0.5) is 0 Å². The van der Waals surface area contributed by atoms with E-state index in [9.17, 15) is 0 Å². The van der Waals surface area contributed by atoms with Crippen LogP contribution >= 0.6 is 0 Å². The first-order valence-electron chi connectivity index (χ1n) is 10.7. The Bertz CT molecular complexity index is 1480. The molecule has 0 unspecified atom stereocenters. The predicted molar refractivity (Wildman–Crippen MR) is 127 cm³/mol. The van der Waals surface area contributed by atoms with E-state index in [1.54, 1.807) is 7.11 Å². The lowest BCUT2D eigenvalue weighted by atomic mass is 10.1. The number of fused-ring (bicyclic) bond motifs is 4. The number of benzene rings is 3. The predicted octanol–water partition coefficient (Wildman–Crippen LogP) is 5.89. The molecule has 5 aromatic rings. The average Bonchev–Trinajstić information content (AvgIpc) is 3.48. The monoisotopic (exact) mass is 424 g/mol. The van der Waals surface area contributed by atoms with Crippen LogP contribution in [0, 0.1) is 6.92 Å². The van der Waals surface area contributed by atoms with Crippen LogP contribution in [0.5, 0.6) is 17.2 Å². The molecule has 1 aliphatic heterocycles. The minimum Gasteiger partial charge on any atom is -0.497 e. The van der Waals surface area contributed by atoms with Crippen molar-refractivity contribution in [2.24, 2.45) is 7.05 Å². The fourth-order valence-corrected chi connectivity index (χ4v) is 4.93. The summed E-state index contributed by atoms with van der Waals surface area (Å²) in [5, 5.41) is 1.26. The molecule has 0 radical (unpaired) electrons. The molecule has 2 aromatic heterocycles. The molecule has 0 bridgehead atoms. The molecule has 0 amide bonds. The van der Waals surface area contributed by atoms with E-state index >= 15 is 0 Å². The summed E-state index contributed by atoms with van der Waals surface area (Å²) >= 11 is 0. The second kappa shape index (κ2) is 7.09. The van der Waals surface area contributed by atoms with E-state index in [1.165, 1.54) is 44.3 Å². The Morgan fingerprint density at radius 2 is 1.69 bits per heavy atom. The second-order valence-electron chi connectivity index (χ2n) is 8.24. The Balaban J connectivity index is 1.60. The number of ether oxygens (including phenoxy) is 3. The summed E-state index contributed by atoms with van der Waals surface area (Å²) in [6, 6.07) is 23.2. The molecule has 3 aromatic carbocycles. The number of methoxy groups -OCH3 is 1. The number of aromatic nitrogens is 2. The van der Waals surface area contributed by atoms with Gasteiger partial charge in [-0.2, -0.15) is 0 Å². The molecular weight excluding hydrogens is 400 g/mol. The highest BCUT2D eigenvalue weighted by molar-refractivity contribution is 6.12. The van der Waals surface area contributed by atoms with Gasteiger partial charge in [0.15, 0.2) is 11.5 Å². The van der Waals surface area contributed by atoms with Crippen LogP contribution in [0.15, 0.2) is 66.7 Å². The number of rotatable bonds is 4. The number of aryl methyl sites for hydroxylation is 1. The molecule has 0 atom stereocenters. The van der Waals surface area contributed by atoms with Crippen molar-refractivity contribution in [1.29, 1.82) is 0 Å². The molecule has 5 nitrogen and oxygen atoms in total. The van der Waals surface area contributed by atoms with E-state index in [2.05, 4.69) is 71.6 Å². The van der Waals surface area contributed by atoms with Crippen molar-refractivity contribution in [3.05, 3.63) is 78.0 Å². The normalized spacial score (nSPS) is 12.7. The maximum atomic E-state index is 5.62. The van der Waals surface area contributed by atoms with Gasteiger partial charge in [-0.1, -0.05) is 36.4 Å². The maximum absolute atomic E-state index is 5.62. The van der Waals surface area contributed by atoms with Gasteiger partial charge in [-0.3, -0.25) is 0 Å². The van der Waals surface area contributed by atoms with Gasteiger partial charge in [0, 0.05) is 30.2 Å². The Labute approximate surface area is 186 Å². The smallest absolute Gasteiger partial charge is 0.231 e. The first-order chi connectivity index (χ1) is 15.7. The second-order valence-corrected chi connectivity index (χ2v) is 8.24. The average molecular weight is 425 g/mol. The third kappa shape index (κ3) is 2.71. The van der Waals surface area contributed by atoms with Crippen LogP contribution < -0.4 is 14.2 Å². The van der Waals surface area contributed by atoms with Gasteiger partial charge < -0.3 is 23.3 Å². The van der Waals surface area contributed by atoms with Crippen LogP contribution in [0.2, 0.25) is 0 Å². The Hall–Kier alpha value is -3.86. The zero-order valence-corrected chi connectivity index (χ0v) is 18.4. The lowest BCUT2D eigenvalue weighted by Gasteiger charge is -2.11. The van der Waals surface area contributed by atoms with Crippen molar-refractivity contribution in [2.45, 2.75) is 13.5 Å². The van der Waals surface area contributed by atoms with Gasteiger partial charge in [0.25, 0.3) is 0 Å². The molecule has 6 rings (SSSR count). The van der Waals surface area contributed by atoms with Crippen LogP contribution in [-0.2, 0) is 13.6 Å². The third-order valence-electron chi connectivity index (χ3n) is 6.51. The molecule has 0 saturated heterocycles. The summed E-state index contributed by atoms with van der Waals surface area (Å²) in [5.41, 5.74) is 8.58. The molecule has 0 spiro atoms. The van der Waals surface area contributed by atoms with Crippen molar-refractivity contribution in [3.8, 4) is 28.4 Å². The zero-order valence-electron chi connectivity index (χ0n) is 18.4. The van der Waals surface area contributed by atoms with Gasteiger partial charge in [-0.05, 0) is 48.4 Å². The summed E-state index contributed by atoms with van der Waals surface area (Å²) in [5.74, 6) is 2.49. The van der Waals surface area contributed by atoms with Gasteiger partial charge >= 0.3 is 0 Å². The van der Waals surface area contributed by atoms with Crippen molar-refractivity contribution >= 4 is 21.9 Å². The number of para-hydroxylation sites is 1. The summed E-state index contributed by atoms with van der Waals surface area (Å²) < 4.78 is 21.2. The molecule has 0 fully saturated rings. The van der Waals surface area contributed by atoms with Crippen LogP contribution in [0.25, 0.3) is 33.1 Å². The van der Waals surface area contributed by atoms with E-state index in [0.717, 1.165) is 23.8 Å². The fourth-order valence-electron chi connectivity index (χ4n) is 4.93. The van der Waals surface area contributed by atoms with Crippen molar-refractivity contribution in [2.75, 3.05) is 13.9 Å². The molecule has 160 valence electrons. The number of nitrogens with zero attached hydrogens (tertiary/aromatic N) is 2. The molecule has 3 heterocycles. The highest BCUT2D eigenvalue weighted by Gasteiger charge is 2.23. The lowest BCUT2D eigenvalue weighted by Crippen LogP contribution is -2.02. The van der Waals surface area contributed by atoms with Gasteiger partial charge in [0.2, 0.25) is 6.79 Å². The van der Waals surface area contributed by atoms with Crippen molar-refractivity contribution < 1.29 is 14.2 Å². The minimum absolute atomic E-state index is 0.288. The van der Waals surface area contributed by atoms with E-state index in [0.29, 0.717) is 0 Å². The van der Waals surface area contributed by atoms with Crippen LogP contribution in [-0.4, -0.2) is 23.0 Å². The van der Waals surface area contributed by atoms with E-state index in [4.69, 9.17) is 14.2 Å². The Kier molecular flexibility index (Phi) is 4.18. The van der Waals surface area contributed by atoms with Crippen molar-refractivity contribution in [3.63, 3.8) is 0 Å². The zero-order chi connectivity index (χ0) is 21.8. The number of hydrogen-bond donors (Lipinski definition) is 0. The highest BCUT2D eigenvalue weighted by Crippen LogP contribution is 2.41. The van der Waals surface area contributed by atoms with E-state index < -0.39 is 0 Å². The van der Waals surface area contributed by atoms with Crippen LogP contribution in [0.1, 0.15) is 11.3 Å². The quantitative estimate of drug-likeness (QED) is 0.361. The first-order valence-corrected chi connectivity index (χ1v) is 10.7. The molecule has 0 N–H and O–H groups in total. The summed E-state index contributed by atoms with van der Waals surface area (Å²) in [6.07, 6.45) is 0. The Morgan fingerprint density at radius 3 is 2.50 bits per heavy atom. The summed E-state index contributed by atoms with van der Waals surface area (Å²) in [7, 11) is 3.85. The molecular formula is C27H24N2O3. The van der Waals surface area contributed by atoms with E-state index in [-0.39, 0.29) is 6.79 Å². The molecule has 0 aliphatic carbocycles. The maximum Gasteiger partial charge on any atom is 0.231 e. The summed E-state index contributed by atoms with van der Waals surface area (Å²) in [4.78, 5) is 0. The van der Waals surface area contributed by atoms with Gasteiger partial charge in [0.05, 0.1) is 23.7 Å². The van der Waals surface area contributed by atoms with E-state index in [1.807, 2.05) is 18.2 Å². The molecule has 1 aliphatic rings. The standard InChI is InChI=1S/C27H24N2O3/c1-17-25(19-9-11-20(30-3)12-10-19)27-26(21-6-4-5-7-22(21)28(27)2)29(17)15-18-8-13-23-24(14-18)32-16-31-23/h4-14H,15-16H2,1-3H3. The summed E-state index contributed by atoms with van der Waals surface area (Å²) in [6.45, 7) is 3.25. The molecule has 32 heavy (non-hydrogen) atoms. The fraction of sp³-hybridized carbons (Fsp3) is 0.185. The third-order valence-corrected chi connectivity index (χ3v) is 6.51. The number of hydrogen-bond acceptors (Lipinski definition) is 3. The van der Waals surface area contributed by atoms with Crippen LogP contribution in [0.3, 0.4) is 0 Å². The topological polar surface area (TPSA) is 37.6 Å². The first kappa shape index (κ1) is 18.9. The van der Waals surface area contributed by atoms with Gasteiger partial charge in [0.1, 0.15) is 5.75 Å². The van der Waals surface area contributed by atoms with Crippen molar-refractivity contribution in [1.82, 2.24) is 9.13 Å². The molecule has 0 saturated carbocycles. The lowest BCUT2D eigenvalue weighted by molar-refractivity contribution is 0.174. The largest absolute Gasteiger partial charge is 0.497 e. The van der Waals surface area contributed by atoms with Gasteiger partial charge in [-0.15, -0.1) is 0 Å². The Morgan fingerprint density at radius 1 is 0.906 bits per heavy atom. The minimum atomic E-state index is 0.288. The SMILES string of the molecule is COc1ccc(-c2c(C)n(Cc3ccc4c(c3)OCO4)c3c4ccccc4n(C)c23)cc1.